The summed E-state index contributed by atoms with van der Waals surface area (Å²) in [6.45, 7) is 5.63. The molecule has 0 spiro atoms. The molecule has 1 atom stereocenters. The molecule has 0 saturated heterocycles. The van der Waals surface area contributed by atoms with Gasteiger partial charge in [0, 0.05) is 6.54 Å². The van der Waals surface area contributed by atoms with Crippen LogP contribution < -0.4 is 16.2 Å². The van der Waals surface area contributed by atoms with Gasteiger partial charge in [0.1, 0.15) is 0 Å². The van der Waals surface area contributed by atoms with Crippen LogP contribution in [0.4, 0.5) is 0 Å². The monoisotopic (exact) mass is 273 g/mol. The summed E-state index contributed by atoms with van der Waals surface area (Å²) in [6.07, 6.45) is 0. The molecule has 5 N–H and O–H groups in total. The van der Waals surface area contributed by atoms with Crippen LogP contribution in [-0.4, -0.2) is 32.7 Å². The van der Waals surface area contributed by atoms with Gasteiger partial charge in [0.05, 0.1) is 11.8 Å². The first-order chi connectivity index (χ1) is 6.54. The Morgan fingerprint density at radius 2 is 1.81 bits per heavy atom. The summed E-state index contributed by atoms with van der Waals surface area (Å²) in [5.74, 6) is -0.718. The molecule has 6 nitrogen and oxygen atoms in total. The second-order valence-electron chi connectivity index (χ2n) is 4.52. The molecule has 0 rings (SSSR count). The number of rotatable bonds is 5. The van der Waals surface area contributed by atoms with E-state index in [1.165, 1.54) is 0 Å². The average molecular weight is 274 g/mol. The van der Waals surface area contributed by atoms with Crippen molar-refractivity contribution < 1.29 is 13.2 Å². The Kier molecular flexibility index (Phi) is 7.19. The van der Waals surface area contributed by atoms with Gasteiger partial charge in [0.25, 0.3) is 0 Å². The Morgan fingerprint density at radius 3 is 2.06 bits per heavy atom. The van der Waals surface area contributed by atoms with Crippen LogP contribution in [0.3, 0.4) is 0 Å². The van der Waals surface area contributed by atoms with Crippen LogP contribution in [0.25, 0.3) is 0 Å². The van der Waals surface area contributed by atoms with Crippen molar-refractivity contribution in [1.29, 1.82) is 0 Å². The number of hydrogen-bond donors (Lipinski definition) is 3. The summed E-state index contributed by atoms with van der Waals surface area (Å²) in [7, 11) is -3.51. The Balaban J connectivity index is 0. The van der Waals surface area contributed by atoms with Crippen molar-refractivity contribution >= 4 is 28.3 Å². The van der Waals surface area contributed by atoms with E-state index >= 15 is 0 Å². The molecule has 98 valence electrons. The molecular formula is C8H20ClN3O3S. The van der Waals surface area contributed by atoms with Gasteiger partial charge >= 0.3 is 0 Å². The fraction of sp³-hybridized carbons (Fsp3) is 0.875. The number of carbonyl (C=O) groups is 1. The lowest BCUT2D eigenvalue weighted by Crippen LogP contribution is -2.51. The van der Waals surface area contributed by atoms with Gasteiger partial charge in [-0.05, 0) is 5.41 Å². The standard InChI is InChI=1S/C8H19N3O3S.ClH/c1-8(2,3)6(7(9)12)11-4-5-15(10,13)14;/h6,11H,4-5H2,1-3H3,(H2,9,12)(H2,10,13,14);1H/t6-;/m1./s1. The van der Waals surface area contributed by atoms with Gasteiger partial charge in [0.2, 0.25) is 15.9 Å². The molecule has 0 radical (unpaired) electrons. The number of hydrogen-bond acceptors (Lipinski definition) is 4. The molecule has 1 amide bonds. The van der Waals surface area contributed by atoms with Gasteiger partial charge in [-0.15, -0.1) is 12.4 Å². The zero-order valence-electron chi connectivity index (χ0n) is 9.69. The van der Waals surface area contributed by atoms with Crippen molar-refractivity contribution in [3.05, 3.63) is 0 Å². The minimum Gasteiger partial charge on any atom is -0.368 e. The highest BCUT2D eigenvalue weighted by Crippen LogP contribution is 2.18. The van der Waals surface area contributed by atoms with Crippen molar-refractivity contribution in [2.75, 3.05) is 12.3 Å². The number of carbonyl (C=O) groups excluding carboxylic acids is 1. The number of halogens is 1. The van der Waals surface area contributed by atoms with Crippen LogP contribution in [0.15, 0.2) is 0 Å². The van der Waals surface area contributed by atoms with E-state index in [1.54, 1.807) is 0 Å². The smallest absolute Gasteiger partial charge is 0.235 e. The highest BCUT2D eigenvalue weighted by atomic mass is 35.5. The predicted octanol–water partition coefficient (Wildman–Crippen LogP) is -0.814. The molecule has 0 aliphatic carbocycles. The third-order valence-electron chi connectivity index (χ3n) is 1.89. The maximum atomic E-state index is 11.1. The van der Waals surface area contributed by atoms with Crippen molar-refractivity contribution in [3.8, 4) is 0 Å². The zero-order chi connectivity index (χ0) is 12.3. The van der Waals surface area contributed by atoms with E-state index in [9.17, 15) is 13.2 Å². The topological polar surface area (TPSA) is 115 Å². The molecule has 0 aromatic heterocycles. The second-order valence-corrected chi connectivity index (χ2v) is 6.26. The van der Waals surface area contributed by atoms with Gasteiger partial charge in [-0.25, -0.2) is 13.6 Å². The molecule has 0 saturated carbocycles. The Morgan fingerprint density at radius 1 is 1.38 bits per heavy atom. The van der Waals surface area contributed by atoms with Gasteiger partial charge < -0.3 is 11.1 Å². The minimum absolute atomic E-state index is 0. The lowest BCUT2D eigenvalue weighted by Gasteiger charge is -2.28. The lowest BCUT2D eigenvalue weighted by molar-refractivity contribution is -0.122. The number of sulfonamides is 1. The third kappa shape index (κ3) is 7.86. The number of nitrogens with one attached hydrogen (secondary N) is 1. The summed E-state index contributed by atoms with van der Waals surface area (Å²) in [5, 5.41) is 7.60. The van der Waals surface area contributed by atoms with E-state index in [0.29, 0.717) is 0 Å². The first-order valence-electron chi connectivity index (χ1n) is 4.57. The largest absolute Gasteiger partial charge is 0.368 e. The summed E-state index contributed by atoms with van der Waals surface area (Å²) < 4.78 is 21.3. The number of amides is 1. The predicted molar refractivity (Wildman–Crippen MR) is 65.7 cm³/mol. The second kappa shape index (κ2) is 6.39. The fourth-order valence-electron chi connectivity index (χ4n) is 1.18. The van der Waals surface area contributed by atoms with Crippen molar-refractivity contribution in [1.82, 2.24) is 5.32 Å². The summed E-state index contributed by atoms with van der Waals surface area (Å²) in [6, 6.07) is -0.570. The maximum Gasteiger partial charge on any atom is 0.235 e. The van der Waals surface area contributed by atoms with E-state index in [0.717, 1.165) is 0 Å². The fourth-order valence-corrected chi connectivity index (χ4v) is 1.58. The molecule has 0 unspecified atom stereocenters. The average Bonchev–Trinajstić information content (AvgIpc) is 1.92. The highest BCUT2D eigenvalue weighted by molar-refractivity contribution is 7.89. The number of nitrogens with two attached hydrogens (primary N) is 2. The number of primary sulfonamides is 1. The third-order valence-corrected chi connectivity index (χ3v) is 2.66. The lowest BCUT2D eigenvalue weighted by atomic mass is 9.86. The van der Waals surface area contributed by atoms with E-state index < -0.39 is 22.0 Å². The minimum atomic E-state index is -3.51. The molecule has 0 fully saturated rings. The van der Waals surface area contributed by atoms with E-state index in [1.807, 2.05) is 20.8 Å². The van der Waals surface area contributed by atoms with E-state index in [4.69, 9.17) is 10.9 Å². The van der Waals surface area contributed by atoms with Gasteiger partial charge in [-0.3, -0.25) is 4.79 Å². The molecule has 0 bridgehead atoms. The van der Waals surface area contributed by atoms with Crippen LogP contribution in [-0.2, 0) is 14.8 Å². The Hall–Kier alpha value is -0.370. The van der Waals surface area contributed by atoms with Gasteiger partial charge in [0.15, 0.2) is 0 Å². The first-order valence-corrected chi connectivity index (χ1v) is 6.29. The molecule has 0 aliphatic heterocycles. The highest BCUT2D eigenvalue weighted by Gasteiger charge is 2.28. The summed E-state index contributed by atoms with van der Waals surface area (Å²) in [4.78, 5) is 11.1. The van der Waals surface area contributed by atoms with E-state index in [2.05, 4.69) is 5.32 Å². The van der Waals surface area contributed by atoms with Crippen molar-refractivity contribution in [3.63, 3.8) is 0 Å². The number of primary amides is 1. The summed E-state index contributed by atoms with van der Waals surface area (Å²) in [5.41, 5.74) is 4.83. The Bertz CT molecular complexity index is 324. The Labute approximate surface area is 103 Å². The van der Waals surface area contributed by atoms with Crippen LogP contribution in [0.1, 0.15) is 20.8 Å². The molecule has 16 heavy (non-hydrogen) atoms. The van der Waals surface area contributed by atoms with Crippen molar-refractivity contribution in [2.45, 2.75) is 26.8 Å². The quantitative estimate of drug-likeness (QED) is 0.607. The molecule has 0 aromatic rings. The molecule has 0 aromatic carbocycles. The van der Waals surface area contributed by atoms with Gasteiger partial charge in [-0.2, -0.15) is 0 Å². The SMILES string of the molecule is CC(C)(C)[C@H](NCCS(N)(=O)=O)C(N)=O.Cl. The molecule has 0 aliphatic rings. The molecular weight excluding hydrogens is 254 g/mol. The van der Waals surface area contributed by atoms with Crippen molar-refractivity contribution in [2.24, 2.45) is 16.3 Å². The van der Waals surface area contributed by atoms with Crippen LogP contribution in [0, 0.1) is 5.41 Å². The van der Waals surface area contributed by atoms with Gasteiger partial charge in [-0.1, -0.05) is 20.8 Å². The van der Waals surface area contributed by atoms with Crippen LogP contribution in [0.5, 0.6) is 0 Å². The van der Waals surface area contributed by atoms with E-state index in [-0.39, 0.29) is 30.1 Å². The molecule has 8 heteroatoms. The summed E-state index contributed by atoms with van der Waals surface area (Å²) >= 11 is 0. The normalized spacial score (nSPS) is 14.0. The van der Waals surface area contributed by atoms with Crippen LogP contribution in [0.2, 0.25) is 0 Å². The first kappa shape index (κ1) is 18.0. The van der Waals surface area contributed by atoms with Crippen LogP contribution >= 0.6 is 12.4 Å². The maximum absolute atomic E-state index is 11.1. The molecule has 0 heterocycles. The zero-order valence-corrected chi connectivity index (χ0v) is 11.3.